The van der Waals surface area contributed by atoms with E-state index in [0.717, 1.165) is 36.9 Å². The molecule has 7 heteroatoms. The lowest BCUT2D eigenvalue weighted by atomic mass is 10.4. The van der Waals surface area contributed by atoms with Crippen LogP contribution in [0.25, 0.3) is 5.65 Å². The van der Waals surface area contributed by atoms with Gasteiger partial charge >= 0.3 is 0 Å². The summed E-state index contributed by atoms with van der Waals surface area (Å²) in [6.07, 6.45) is 2.75. The molecule has 114 valence electrons. The fourth-order valence-electron chi connectivity index (χ4n) is 1.94. The second-order valence-corrected chi connectivity index (χ2v) is 4.48. The van der Waals surface area contributed by atoms with Crippen molar-refractivity contribution in [2.75, 3.05) is 33.4 Å². The quantitative estimate of drug-likeness (QED) is 0.440. The van der Waals surface area contributed by atoms with Crippen LogP contribution < -0.4 is 10.6 Å². The van der Waals surface area contributed by atoms with Crippen molar-refractivity contribution >= 4 is 11.6 Å². The molecule has 0 aromatic carbocycles. The summed E-state index contributed by atoms with van der Waals surface area (Å²) < 4.78 is 6.99. The third-order valence-corrected chi connectivity index (χ3v) is 2.93. The van der Waals surface area contributed by atoms with Crippen LogP contribution in [-0.4, -0.2) is 53.9 Å². The van der Waals surface area contributed by atoms with Crippen molar-refractivity contribution < 1.29 is 4.74 Å². The summed E-state index contributed by atoms with van der Waals surface area (Å²) >= 11 is 0. The van der Waals surface area contributed by atoms with Crippen LogP contribution in [-0.2, 0) is 11.2 Å². The van der Waals surface area contributed by atoms with Crippen LogP contribution in [0.3, 0.4) is 0 Å². The lowest BCUT2D eigenvalue weighted by Crippen LogP contribution is -2.38. The van der Waals surface area contributed by atoms with Gasteiger partial charge < -0.3 is 15.4 Å². The first kappa shape index (κ1) is 15.2. The van der Waals surface area contributed by atoms with E-state index in [9.17, 15) is 0 Å². The van der Waals surface area contributed by atoms with Crippen molar-refractivity contribution in [1.29, 1.82) is 0 Å². The minimum absolute atomic E-state index is 0.616. The average Bonchev–Trinajstić information content (AvgIpc) is 2.91. The van der Waals surface area contributed by atoms with E-state index in [0.29, 0.717) is 13.2 Å². The zero-order valence-corrected chi connectivity index (χ0v) is 12.5. The van der Waals surface area contributed by atoms with Crippen LogP contribution in [0.15, 0.2) is 29.4 Å². The molecule has 0 aliphatic rings. The number of aromatic nitrogens is 3. The number of nitrogens with zero attached hydrogens (tertiary/aromatic N) is 4. The van der Waals surface area contributed by atoms with Crippen LogP contribution in [0.4, 0.5) is 0 Å². The largest absolute Gasteiger partial charge is 0.383 e. The van der Waals surface area contributed by atoms with Gasteiger partial charge in [-0.15, -0.1) is 10.2 Å². The molecule has 0 aliphatic heterocycles. The first-order chi connectivity index (χ1) is 10.3. The number of hydrogen-bond acceptors (Lipinski definition) is 4. The lowest BCUT2D eigenvalue weighted by molar-refractivity contribution is 0.208. The summed E-state index contributed by atoms with van der Waals surface area (Å²) in [4.78, 5) is 4.41. The zero-order chi connectivity index (χ0) is 14.9. The fraction of sp³-hybridized carbons (Fsp3) is 0.500. The number of hydrogen-bond donors (Lipinski definition) is 2. The van der Waals surface area contributed by atoms with Gasteiger partial charge in [-0.05, 0) is 19.1 Å². The molecule has 7 nitrogen and oxygen atoms in total. The first-order valence-corrected chi connectivity index (χ1v) is 7.15. The predicted molar refractivity (Wildman–Crippen MR) is 82.5 cm³/mol. The molecule has 0 aliphatic carbocycles. The van der Waals surface area contributed by atoms with Crippen LogP contribution in [0, 0.1) is 0 Å². The van der Waals surface area contributed by atoms with E-state index in [1.54, 1.807) is 7.11 Å². The van der Waals surface area contributed by atoms with Gasteiger partial charge in [-0.1, -0.05) is 6.07 Å². The number of fused-ring (bicyclic) bond motifs is 1. The van der Waals surface area contributed by atoms with Crippen molar-refractivity contribution in [3.05, 3.63) is 30.2 Å². The Bertz CT molecular complexity index is 580. The van der Waals surface area contributed by atoms with Gasteiger partial charge in [-0.3, -0.25) is 9.39 Å². The van der Waals surface area contributed by atoms with Crippen molar-refractivity contribution in [2.24, 2.45) is 4.99 Å². The molecule has 0 fully saturated rings. The number of pyridine rings is 1. The molecule has 2 N–H and O–H groups in total. The van der Waals surface area contributed by atoms with Crippen LogP contribution in [0.1, 0.15) is 12.7 Å². The standard InChI is InChI=1S/C14H22N6O/c1-3-15-14(17-9-11-21-2)16-8-7-13-19-18-12-6-4-5-10-20(12)13/h4-6,10H,3,7-9,11H2,1-2H3,(H2,15,16,17). The van der Waals surface area contributed by atoms with E-state index >= 15 is 0 Å². The van der Waals surface area contributed by atoms with Gasteiger partial charge in [0, 0.05) is 32.8 Å². The van der Waals surface area contributed by atoms with Gasteiger partial charge in [0.15, 0.2) is 11.6 Å². The third kappa shape index (κ3) is 4.42. The van der Waals surface area contributed by atoms with Crippen LogP contribution >= 0.6 is 0 Å². The Morgan fingerprint density at radius 1 is 1.33 bits per heavy atom. The molecule has 2 aromatic rings. The zero-order valence-electron chi connectivity index (χ0n) is 12.5. The topological polar surface area (TPSA) is 75.8 Å². The Morgan fingerprint density at radius 2 is 2.24 bits per heavy atom. The highest BCUT2D eigenvalue weighted by Gasteiger charge is 2.04. The van der Waals surface area contributed by atoms with Crippen LogP contribution in [0.5, 0.6) is 0 Å². The third-order valence-electron chi connectivity index (χ3n) is 2.93. The van der Waals surface area contributed by atoms with E-state index < -0.39 is 0 Å². The van der Waals surface area contributed by atoms with E-state index in [-0.39, 0.29) is 0 Å². The fourth-order valence-corrected chi connectivity index (χ4v) is 1.94. The Labute approximate surface area is 124 Å². The lowest BCUT2D eigenvalue weighted by Gasteiger charge is -2.10. The van der Waals surface area contributed by atoms with Gasteiger partial charge in [0.2, 0.25) is 0 Å². The highest BCUT2D eigenvalue weighted by atomic mass is 16.5. The van der Waals surface area contributed by atoms with Gasteiger partial charge in [0.05, 0.1) is 13.2 Å². The first-order valence-electron chi connectivity index (χ1n) is 7.15. The SMILES string of the molecule is CCNC(=NCCOC)NCCc1nnc2ccccn12. The number of rotatable bonds is 7. The Balaban J connectivity index is 1.88. The summed E-state index contributed by atoms with van der Waals surface area (Å²) in [5.74, 6) is 1.73. The predicted octanol–water partition coefficient (Wildman–Crippen LogP) is 0.473. The number of methoxy groups -OCH3 is 1. The average molecular weight is 290 g/mol. The molecule has 2 heterocycles. The molecule has 0 saturated carbocycles. The smallest absolute Gasteiger partial charge is 0.191 e. The van der Waals surface area contributed by atoms with Gasteiger partial charge in [0.25, 0.3) is 0 Å². The summed E-state index contributed by atoms with van der Waals surface area (Å²) in [6, 6.07) is 5.88. The van der Waals surface area contributed by atoms with Crippen molar-refractivity contribution in [3.8, 4) is 0 Å². The molecule has 0 spiro atoms. The minimum Gasteiger partial charge on any atom is -0.383 e. The molecule has 0 radical (unpaired) electrons. The van der Waals surface area contributed by atoms with Gasteiger partial charge in [-0.25, -0.2) is 0 Å². The maximum absolute atomic E-state index is 5.00. The molecule has 0 saturated heterocycles. The molecule has 0 amide bonds. The summed E-state index contributed by atoms with van der Waals surface area (Å²) in [5, 5.41) is 14.8. The molecule has 0 atom stereocenters. The molecule has 0 unspecified atom stereocenters. The number of nitrogens with one attached hydrogen (secondary N) is 2. The highest BCUT2D eigenvalue weighted by Crippen LogP contribution is 2.02. The summed E-state index contributed by atoms with van der Waals surface area (Å²) in [6.45, 7) is 4.87. The van der Waals surface area contributed by atoms with Gasteiger partial charge in [0.1, 0.15) is 5.82 Å². The second kappa shape index (κ2) is 8.21. The van der Waals surface area contributed by atoms with E-state index in [1.165, 1.54) is 0 Å². The van der Waals surface area contributed by atoms with Crippen LogP contribution in [0.2, 0.25) is 0 Å². The molecule has 2 aromatic heterocycles. The van der Waals surface area contributed by atoms with Crippen molar-refractivity contribution in [3.63, 3.8) is 0 Å². The second-order valence-electron chi connectivity index (χ2n) is 4.48. The van der Waals surface area contributed by atoms with E-state index in [2.05, 4.69) is 25.8 Å². The molecule has 21 heavy (non-hydrogen) atoms. The summed E-state index contributed by atoms with van der Waals surface area (Å²) in [7, 11) is 1.67. The van der Waals surface area contributed by atoms with Gasteiger partial charge in [-0.2, -0.15) is 0 Å². The number of aliphatic imine (C=N–C) groups is 1. The normalized spacial score (nSPS) is 11.8. The van der Waals surface area contributed by atoms with E-state index in [4.69, 9.17) is 4.74 Å². The van der Waals surface area contributed by atoms with Crippen molar-refractivity contribution in [1.82, 2.24) is 25.2 Å². The maximum atomic E-state index is 5.00. The maximum Gasteiger partial charge on any atom is 0.191 e. The monoisotopic (exact) mass is 290 g/mol. The summed E-state index contributed by atoms with van der Waals surface area (Å²) in [5.41, 5.74) is 0.869. The Hall–Kier alpha value is -2.15. The number of ether oxygens (including phenoxy) is 1. The molecule has 2 rings (SSSR count). The Morgan fingerprint density at radius 3 is 3.05 bits per heavy atom. The highest BCUT2D eigenvalue weighted by molar-refractivity contribution is 5.79. The van der Waals surface area contributed by atoms with E-state index in [1.807, 2.05) is 35.7 Å². The van der Waals surface area contributed by atoms with Crippen molar-refractivity contribution in [2.45, 2.75) is 13.3 Å². The number of guanidine groups is 1. The minimum atomic E-state index is 0.616. The molecule has 0 bridgehead atoms. The molecular formula is C14H22N6O. The Kier molecular flexibility index (Phi) is 5.96. The molecular weight excluding hydrogens is 268 g/mol.